The molecule has 6 heavy (non-hydrogen) atoms. The number of hydrogen-bond donors (Lipinski definition) is 0. The van der Waals surface area contributed by atoms with E-state index in [-0.39, 0.29) is 0 Å². The van der Waals surface area contributed by atoms with Gasteiger partial charge in [0.05, 0.1) is 6.07 Å². The summed E-state index contributed by atoms with van der Waals surface area (Å²) in [5.74, 6) is 0. The van der Waals surface area contributed by atoms with Gasteiger partial charge in [0.25, 0.3) is 0 Å². The summed E-state index contributed by atoms with van der Waals surface area (Å²) in [6.07, 6.45) is 0.524. The third-order valence-corrected chi connectivity index (χ3v) is 0.460. The summed E-state index contributed by atoms with van der Waals surface area (Å²) in [5.41, 5.74) is 0.537. The van der Waals surface area contributed by atoms with Crippen molar-refractivity contribution in [2.45, 2.75) is 6.42 Å². The first-order chi connectivity index (χ1) is 2.81. The monoisotopic (exact) mass is 80.1 g/mol. The second-order valence-corrected chi connectivity index (χ2v) is 0.965. The molecule has 1 heteroatoms. The Morgan fingerprint density at radius 3 is 2.33 bits per heavy atom. The van der Waals surface area contributed by atoms with Gasteiger partial charge in [0.15, 0.2) is 0 Å². The molecule has 0 spiro atoms. The summed E-state index contributed by atoms with van der Waals surface area (Å²) in [6.45, 7) is 6.80. The predicted molar refractivity (Wildman–Crippen MR) is 24.7 cm³/mol. The Morgan fingerprint density at radius 1 is 1.83 bits per heavy atom. The molecule has 31 valence electrons. The lowest BCUT2D eigenvalue weighted by Crippen LogP contribution is -1.64. The molecule has 0 heterocycles. The van der Waals surface area contributed by atoms with Gasteiger partial charge in [-0.15, -0.1) is 0 Å². The summed E-state index contributed by atoms with van der Waals surface area (Å²) in [6, 6.07) is 1.86. The van der Waals surface area contributed by atoms with E-state index in [1.165, 1.54) is 0 Å². The predicted octanol–water partition coefficient (Wildman–Crippen LogP) is 1.29. The summed E-state index contributed by atoms with van der Waals surface area (Å²) in [4.78, 5) is 0. The molecule has 1 radical (unpaired) electrons. The largest absolute Gasteiger partial charge is 0.193 e. The van der Waals surface area contributed by atoms with E-state index in [0.29, 0.717) is 12.0 Å². The number of allylic oxidation sites excluding steroid dienone is 1. The maximum Gasteiger partial charge on any atom is 0.0940 e. The molecule has 0 saturated heterocycles. The van der Waals surface area contributed by atoms with Crippen molar-refractivity contribution >= 4 is 0 Å². The molecule has 0 atom stereocenters. The second-order valence-electron chi connectivity index (χ2n) is 0.965. The zero-order chi connectivity index (χ0) is 4.99. The smallest absolute Gasteiger partial charge is 0.0940 e. The van der Waals surface area contributed by atoms with E-state index in [1.54, 1.807) is 0 Å². The molecule has 0 aromatic carbocycles. The van der Waals surface area contributed by atoms with Crippen molar-refractivity contribution in [3.8, 4) is 6.07 Å². The molecule has 0 fully saturated rings. The van der Waals surface area contributed by atoms with Crippen LogP contribution in [0.15, 0.2) is 12.2 Å². The van der Waals surface area contributed by atoms with Crippen molar-refractivity contribution in [2.24, 2.45) is 0 Å². The van der Waals surface area contributed by atoms with Gasteiger partial charge in [0.2, 0.25) is 0 Å². The van der Waals surface area contributed by atoms with Crippen LogP contribution in [0.1, 0.15) is 6.42 Å². The van der Waals surface area contributed by atoms with E-state index in [1.807, 2.05) is 6.07 Å². The maximum atomic E-state index is 7.95. The van der Waals surface area contributed by atoms with E-state index in [9.17, 15) is 0 Å². The second kappa shape index (κ2) is 2.47. The third-order valence-electron chi connectivity index (χ3n) is 0.460. The van der Waals surface area contributed by atoms with Crippen molar-refractivity contribution in [1.29, 1.82) is 5.26 Å². The Labute approximate surface area is 37.9 Å². The van der Waals surface area contributed by atoms with Crippen LogP contribution in [-0.2, 0) is 0 Å². The fourth-order valence-electron chi connectivity index (χ4n) is 0.0559. The Kier molecular flexibility index (Phi) is 2.15. The Morgan fingerprint density at radius 2 is 2.33 bits per heavy atom. The van der Waals surface area contributed by atoms with Crippen LogP contribution < -0.4 is 0 Å². The van der Waals surface area contributed by atoms with Gasteiger partial charge in [-0.2, -0.15) is 5.26 Å². The minimum Gasteiger partial charge on any atom is -0.193 e. The number of nitrogens with zero attached hydrogens (tertiary/aromatic N) is 1. The normalized spacial score (nSPS) is 6.67. The van der Waals surface area contributed by atoms with Crippen molar-refractivity contribution in [2.75, 3.05) is 0 Å². The first-order valence-electron chi connectivity index (χ1n) is 1.68. The zero-order valence-corrected chi connectivity index (χ0v) is 3.57. The SMILES string of the molecule is [CH2]CC(=C)C#N. The maximum absolute atomic E-state index is 7.95. The molecule has 0 aromatic rings. The van der Waals surface area contributed by atoms with Crippen LogP contribution >= 0.6 is 0 Å². The lowest BCUT2D eigenvalue weighted by Gasteiger charge is -1.76. The molecular formula is C5H6N. The zero-order valence-electron chi connectivity index (χ0n) is 3.57. The summed E-state index contributed by atoms with van der Waals surface area (Å²) < 4.78 is 0. The highest BCUT2D eigenvalue weighted by Gasteiger charge is 1.77. The van der Waals surface area contributed by atoms with Gasteiger partial charge in [-0.05, 0) is 13.3 Å². The van der Waals surface area contributed by atoms with E-state index >= 15 is 0 Å². The van der Waals surface area contributed by atoms with Gasteiger partial charge >= 0.3 is 0 Å². The van der Waals surface area contributed by atoms with Gasteiger partial charge in [0.1, 0.15) is 0 Å². The Bertz CT molecular complexity index is 86.6. The van der Waals surface area contributed by atoms with Gasteiger partial charge < -0.3 is 0 Å². The molecule has 0 saturated carbocycles. The summed E-state index contributed by atoms with van der Waals surface area (Å²) in [7, 11) is 0. The van der Waals surface area contributed by atoms with Crippen LogP contribution in [0, 0.1) is 18.3 Å². The minimum absolute atomic E-state index is 0.524. The average Bonchev–Trinajstić information content (AvgIpc) is 1.65. The topological polar surface area (TPSA) is 23.8 Å². The van der Waals surface area contributed by atoms with E-state index in [2.05, 4.69) is 13.5 Å². The lowest BCUT2D eigenvalue weighted by atomic mass is 10.3. The van der Waals surface area contributed by atoms with Crippen LogP contribution in [0.4, 0.5) is 0 Å². The standard InChI is InChI=1S/C5H6N/c1-3-5(2)4-6/h1-3H2. The fraction of sp³-hybridized carbons (Fsp3) is 0.200. The molecule has 0 unspecified atom stereocenters. The first-order valence-corrected chi connectivity index (χ1v) is 1.68. The van der Waals surface area contributed by atoms with Gasteiger partial charge in [0, 0.05) is 5.57 Å². The van der Waals surface area contributed by atoms with Crippen LogP contribution in [0.2, 0.25) is 0 Å². The molecule has 0 N–H and O–H groups in total. The van der Waals surface area contributed by atoms with Crippen molar-refractivity contribution < 1.29 is 0 Å². The summed E-state index contributed by atoms with van der Waals surface area (Å²) >= 11 is 0. The highest BCUT2D eigenvalue weighted by Crippen LogP contribution is 1.88. The lowest BCUT2D eigenvalue weighted by molar-refractivity contribution is 1.30. The molecule has 0 aliphatic carbocycles. The van der Waals surface area contributed by atoms with Crippen LogP contribution in [0.5, 0.6) is 0 Å². The molecule has 0 aromatic heterocycles. The van der Waals surface area contributed by atoms with E-state index in [0.717, 1.165) is 0 Å². The fourth-order valence-corrected chi connectivity index (χ4v) is 0.0559. The van der Waals surface area contributed by atoms with E-state index < -0.39 is 0 Å². The van der Waals surface area contributed by atoms with Crippen molar-refractivity contribution in [1.82, 2.24) is 0 Å². The van der Waals surface area contributed by atoms with Gasteiger partial charge in [-0.1, -0.05) is 6.58 Å². The third kappa shape index (κ3) is 1.54. The highest BCUT2D eigenvalue weighted by atomic mass is 14.2. The molecule has 0 rings (SSSR count). The molecule has 1 nitrogen and oxygen atoms in total. The van der Waals surface area contributed by atoms with Gasteiger partial charge in [-0.3, -0.25) is 0 Å². The highest BCUT2D eigenvalue weighted by molar-refractivity contribution is 5.15. The summed E-state index contributed by atoms with van der Waals surface area (Å²) in [5, 5.41) is 7.95. The molecule has 0 aliphatic heterocycles. The molecule has 0 aliphatic rings. The number of nitriles is 1. The van der Waals surface area contributed by atoms with Crippen LogP contribution in [0.3, 0.4) is 0 Å². The molecular weight excluding hydrogens is 74.1 g/mol. The Balaban J connectivity index is 3.33. The quantitative estimate of drug-likeness (QED) is 0.435. The molecule has 0 amide bonds. The van der Waals surface area contributed by atoms with Crippen LogP contribution in [-0.4, -0.2) is 0 Å². The number of rotatable bonds is 1. The first kappa shape index (κ1) is 5.23. The van der Waals surface area contributed by atoms with Gasteiger partial charge in [-0.25, -0.2) is 0 Å². The van der Waals surface area contributed by atoms with E-state index in [4.69, 9.17) is 5.26 Å². The van der Waals surface area contributed by atoms with Crippen LogP contribution in [0.25, 0.3) is 0 Å². The molecule has 0 bridgehead atoms. The minimum atomic E-state index is 0.524. The Hall–Kier alpha value is -0.770. The number of hydrogen-bond acceptors (Lipinski definition) is 1. The van der Waals surface area contributed by atoms with Crippen molar-refractivity contribution in [3.63, 3.8) is 0 Å². The average molecular weight is 80.1 g/mol. The van der Waals surface area contributed by atoms with Crippen molar-refractivity contribution in [3.05, 3.63) is 19.1 Å².